The van der Waals surface area contributed by atoms with E-state index in [2.05, 4.69) is 10.3 Å². The summed E-state index contributed by atoms with van der Waals surface area (Å²) in [5.74, 6) is -1.56. The Morgan fingerprint density at radius 2 is 1.82 bits per heavy atom. The van der Waals surface area contributed by atoms with Crippen LogP contribution in [0.2, 0.25) is 0 Å². The van der Waals surface area contributed by atoms with Crippen LogP contribution in [0.25, 0.3) is 0 Å². The first-order valence-corrected chi connectivity index (χ1v) is 14.9. The van der Waals surface area contributed by atoms with Crippen LogP contribution in [0.4, 0.5) is 18.9 Å². The quantitative estimate of drug-likeness (QED) is 0.232. The van der Waals surface area contributed by atoms with Gasteiger partial charge in [-0.2, -0.15) is 17.9 Å². The number of aromatic nitrogens is 1. The summed E-state index contributed by atoms with van der Waals surface area (Å²) in [6, 6.07) is 16.0. The first-order valence-electron chi connectivity index (χ1n) is 14.9. The highest BCUT2D eigenvalue weighted by Crippen LogP contribution is 2.37. The highest BCUT2D eigenvalue weighted by atomic mass is 19.4. The number of benzodiazepines with no additional fused rings is 1. The number of para-hydroxylation sites is 1. The van der Waals surface area contributed by atoms with E-state index >= 15 is 0 Å². The molecule has 2 aliphatic rings. The first-order chi connectivity index (χ1) is 21.1. The van der Waals surface area contributed by atoms with Crippen molar-refractivity contribution in [2.45, 2.75) is 70.4 Å². The second kappa shape index (κ2) is 13.2. The number of unbranched alkanes of at least 4 members (excludes halogenated alkanes) is 1. The number of nitrogens with zero attached hydrogens (tertiary/aromatic N) is 3. The Balaban J connectivity index is 1.57. The van der Waals surface area contributed by atoms with Crippen LogP contribution in [0.1, 0.15) is 67.8 Å². The zero-order valence-corrected chi connectivity index (χ0v) is 24.3. The van der Waals surface area contributed by atoms with Gasteiger partial charge in [-0.25, -0.2) is 4.99 Å². The van der Waals surface area contributed by atoms with Gasteiger partial charge >= 0.3 is 6.18 Å². The van der Waals surface area contributed by atoms with Crippen molar-refractivity contribution < 1.29 is 32.6 Å². The van der Waals surface area contributed by atoms with Crippen molar-refractivity contribution >= 4 is 23.2 Å². The molecule has 44 heavy (non-hydrogen) atoms. The van der Waals surface area contributed by atoms with Gasteiger partial charge in [0.05, 0.1) is 29.0 Å². The van der Waals surface area contributed by atoms with Crippen LogP contribution in [0.3, 0.4) is 0 Å². The van der Waals surface area contributed by atoms with Crippen molar-refractivity contribution in [3.05, 3.63) is 101 Å². The normalized spacial score (nSPS) is 18.2. The van der Waals surface area contributed by atoms with Crippen LogP contribution < -0.4 is 14.9 Å². The predicted octanol–water partition coefficient (Wildman–Crippen LogP) is 5.13. The number of amides is 2. The third kappa shape index (κ3) is 7.10. The van der Waals surface area contributed by atoms with Gasteiger partial charge in [0.25, 0.3) is 5.91 Å². The van der Waals surface area contributed by atoms with E-state index in [0.29, 0.717) is 40.3 Å². The number of alkyl halides is 3. The summed E-state index contributed by atoms with van der Waals surface area (Å²) >= 11 is 0. The second-order valence-corrected chi connectivity index (χ2v) is 11.4. The number of pyridine rings is 1. The third-order valence-corrected chi connectivity index (χ3v) is 8.14. The zero-order chi connectivity index (χ0) is 31.4. The monoisotopic (exact) mass is 608 g/mol. The SMILES string of the molecule is CCCC[C@H](O)[C@@H](CC1CC1)C(=O)NC1N=C(c2ccc(C(F)(F)F)cc2)c2ccccc2N(Cc2cccc[n+]2[O-])C1=O. The summed E-state index contributed by atoms with van der Waals surface area (Å²) in [4.78, 5) is 34.0. The lowest BCUT2D eigenvalue weighted by molar-refractivity contribution is -0.613. The van der Waals surface area contributed by atoms with Crippen LogP contribution in [0.15, 0.2) is 77.9 Å². The number of anilines is 1. The van der Waals surface area contributed by atoms with Gasteiger partial charge in [-0.05, 0) is 43.0 Å². The Kier molecular flexibility index (Phi) is 9.33. The maximum atomic E-state index is 14.2. The lowest BCUT2D eigenvalue weighted by Gasteiger charge is -2.27. The van der Waals surface area contributed by atoms with E-state index in [4.69, 9.17) is 0 Å². The average molecular weight is 609 g/mol. The van der Waals surface area contributed by atoms with Crippen LogP contribution in [-0.4, -0.2) is 34.9 Å². The third-order valence-electron chi connectivity index (χ3n) is 8.14. The smallest absolute Gasteiger partial charge is 0.416 e. The molecular formula is C33H35F3N4O4. The topological polar surface area (TPSA) is 109 Å². The molecule has 0 radical (unpaired) electrons. The Morgan fingerprint density at radius 1 is 1.11 bits per heavy atom. The minimum Gasteiger partial charge on any atom is -0.618 e. The molecule has 5 rings (SSSR count). The molecule has 232 valence electrons. The summed E-state index contributed by atoms with van der Waals surface area (Å²) < 4.78 is 40.7. The fourth-order valence-corrected chi connectivity index (χ4v) is 5.49. The Morgan fingerprint density at radius 3 is 2.48 bits per heavy atom. The van der Waals surface area contributed by atoms with Gasteiger partial charge in [0, 0.05) is 23.3 Å². The number of aliphatic hydroxyl groups is 1. The van der Waals surface area contributed by atoms with Gasteiger partial charge in [-0.15, -0.1) is 0 Å². The fraction of sp³-hybridized carbons (Fsp3) is 0.394. The van der Waals surface area contributed by atoms with E-state index in [-0.39, 0.29) is 18.0 Å². The van der Waals surface area contributed by atoms with Gasteiger partial charge < -0.3 is 15.6 Å². The molecule has 1 aliphatic carbocycles. The largest absolute Gasteiger partial charge is 0.618 e. The number of carbonyl (C=O) groups is 2. The van der Waals surface area contributed by atoms with Gasteiger partial charge in [0.1, 0.15) is 6.54 Å². The average Bonchev–Trinajstić information content (AvgIpc) is 3.84. The van der Waals surface area contributed by atoms with Gasteiger partial charge in [-0.3, -0.25) is 14.5 Å². The molecule has 2 aromatic carbocycles. The molecule has 0 bridgehead atoms. The molecule has 0 spiro atoms. The number of carbonyl (C=O) groups excluding carboxylic acids is 2. The molecule has 8 nitrogen and oxygen atoms in total. The minimum absolute atomic E-state index is 0.146. The number of aliphatic imine (C=N–C) groups is 1. The fourth-order valence-electron chi connectivity index (χ4n) is 5.49. The molecule has 1 unspecified atom stereocenters. The van der Waals surface area contributed by atoms with Gasteiger partial charge in [-0.1, -0.05) is 62.9 Å². The molecule has 2 N–H and O–H groups in total. The summed E-state index contributed by atoms with van der Waals surface area (Å²) in [5.41, 5.74) is 0.788. The Hall–Kier alpha value is -4.25. The molecule has 2 amide bonds. The number of fused-ring (bicyclic) bond motifs is 1. The number of benzene rings is 2. The predicted molar refractivity (Wildman–Crippen MR) is 158 cm³/mol. The van der Waals surface area contributed by atoms with Crippen molar-refractivity contribution in [1.82, 2.24) is 5.32 Å². The van der Waals surface area contributed by atoms with Crippen LogP contribution in [-0.2, 0) is 22.3 Å². The second-order valence-electron chi connectivity index (χ2n) is 11.4. The number of hydrogen-bond donors (Lipinski definition) is 2. The lowest BCUT2D eigenvalue weighted by atomic mass is 9.91. The number of halogens is 3. The zero-order valence-electron chi connectivity index (χ0n) is 24.3. The Labute approximate surface area is 253 Å². The van der Waals surface area contributed by atoms with Crippen molar-refractivity contribution in [3.8, 4) is 0 Å². The van der Waals surface area contributed by atoms with Gasteiger partial charge in [0.2, 0.25) is 17.8 Å². The molecule has 1 aromatic heterocycles. The van der Waals surface area contributed by atoms with Crippen LogP contribution in [0, 0.1) is 17.0 Å². The highest BCUT2D eigenvalue weighted by molar-refractivity contribution is 6.20. The van der Waals surface area contributed by atoms with E-state index in [9.17, 15) is 33.1 Å². The standard InChI is InChI=1S/C33H35F3N4O4/c1-2-3-11-28(41)26(19-21-12-13-21)31(42)38-30-32(43)39(20-24-8-6-7-18-40(24)44)27-10-5-4-9-25(27)29(37-30)22-14-16-23(17-15-22)33(34,35)36/h4-10,14-18,21,26,28,30,41H,2-3,11-13,19-20H2,1H3,(H,38,42)/t26-,28+,30?/m1/s1. The molecule has 1 saturated carbocycles. The minimum atomic E-state index is -4.54. The molecule has 0 saturated heterocycles. The van der Waals surface area contributed by atoms with E-state index in [1.807, 2.05) is 6.92 Å². The maximum Gasteiger partial charge on any atom is 0.416 e. The molecule has 11 heteroatoms. The van der Waals surface area contributed by atoms with Crippen molar-refractivity contribution in [2.24, 2.45) is 16.8 Å². The molecule has 2 heterocycles. The summed E-state index contributed by atoms with van der Waals surface area (Å²) in [6.07, 6.45) is -1.13. The lowest BCUT2D eigenvalue weighted by Crippen LogP contribution is -2.51. The molecular weight excluding hydrogens is 573 g/mol. The highest BCUT2D eigenvalue weighted by Gasteiger charge is 2.39. The first kappa shape index (κ1) is 31.2. The summed E-state index contributed by atoms with van der Waals surface area (Å²) in [5, 5.41) is 26.3. The van der Waals surface area contributed by atoms with E-state index < -0.39 is 41.7 Å². The molecule has 3 aromatic rings. The van der Waals surface area contributed by atoms with Crippen molar-refractivity contribution in [3.63, 3.8) is 0 Å². The van der Waals surface area contributed by atoms with Crippen molar-refractivity contribution in [1.29, 1.82) is 0 Å². The Bertz CT molecular complexity index is 1520. The van der Waals surface area contributed by atoms with E-state index in [1.54, 1.807) is 42.5 Å². The molecule has 3 atom stereocenters. The molecule has 1 aliphatic heterocycles. The van der Waals surface area contributed by atoms with Crippen LogP contribution in [0.5, 0.6) is 0 Å². The van der Waals surface area contributed by atoms with Crippen molar-refractivity contribution in [2.75, 3.05) is 4.90 Å². The number of rotatable bonds is 11. The van der Waals surface area contributed by atoms with Gasteiger partial charge in [0.15, 0.2) is 6.20 Å². The van der Waals surface area contributed by atoms with E-state index in [1.165, 1.54) is 23.2 Å². The maximum absolute atomic E-state index is 14.2. The number of nitrogens with one attached hydrogen (secondary N) is 1. The number of aliphatic hydroxyl groups excluding tert-OH is 1. The van der Waals surface area contributed by atoms with E-state index in [0.717, 1.165) is 37.8 Å². The van der Waals surface area contributed by atoms with Crippen LogP contribution >= 0.6 is 0 Å². The molecule has 1 fully saturated rings. The summed E-state index contributed by atoms with van der Waals surface area (Å²) in [7, 11) is 0. The number of hydrogen-bond acceptors (Lipinski definition) is 5. The summed E-state index contributed by atoms with van der Waals surface area (Å²) in [6.45, 7) is 1.85.